The molecule has 1 aliphatic rings. The van der Waals surface area contributed by atoms with Crippen molar-refractivity contribution in [2.75, 3.05) is 26.2 Å². The second-order valence-electron chi connectivity index (χ2n) is 8.05. The SMILES string of the molecule is COc1cc(C2c3c(oc4ccccc4c3=O)C(=O)N2c2cccc(C)c2)cc(OC)c1OC. The number of hydrogen-bond donors (Lipinski definition) is 0. The summed E-state index contributed by atoms with van der Waals surface area (Å²) < 4.78 is 22.6. The number of carbonyl (C=O) groups is 1. The third-order valence-electron chi connectivity index (χ3n) is 6.06. The van der Waals surface area contributed by atoms with Crippen LogP contribution < -0.4 is 24.5 Å². The quantitative estimate of drug-likeness (QED) is 0.425. The number of ether oxygens (including phenoxy) is 3. The summed E-state index contributed by atoms with van der Waals surface area (Å²) in [6, 6.07) is 17.3. The number of amides is 1. The number of fused-ring (bicyclic) bond motifs is 2. The summed E-state index contributed by atoms with van der Waals surface area (Å²) in [5.41, 5.74) is 2.66. The van der Waals surface area contributed by atoms with Crippen molar-refractivity contribution < 1.29 is 23.4 Å². The van der Waals surface area contributed by atoms with Crippen LogP contribution in [0.15, 0.2) is 69.9 Å². The first-order valence-electron chi connectivity index (χ1n) is 10.7. The lowest BCUT2D eigenvalue weighted by molar-refractivity contribution is 0.0971. The van der Waals surface area contributed by atoms with Crippen LogP contribution in [0.4, 0.5) is 5.69 Å². The molecule has 0 N–H and O–H groups in total. The van der Waals surface area contributed by atoms with Crippen LogP contribution in [0.3, 0.4) is 0 Å². The predicted octanol–water partition coefficient (Wildman–Crippen LogP) is 4.88. The number of anilines is 1. The van der Waals surface area contributed by atoms with E-state index in [2.05, 4.69) is 0 Å². The fraction of sp³-hybridized carbons (Fsp3) is 0.185. The molecule has 0 spiro atoms. The van der Waals surface area contributed by atoms with Crippen molar-refractivity contribution in [2.45, 2.75) is 13.0 Å². The summed E-state index contributed by atoms with van der Waals surface area (Å²) >= 11 is 0. The summed E-state index contributed by atoms with van der Waals surface area (Å²) in [5.74, 6) is 0.913. The first-order chi connectivity index (χ1) is 16.5. The van der Waals surface area contributed by atoms with E-state index < -0.39 is 6.04 Å². The molecule has 1 atom stereocenters. The predicted molar refractivity (Wildman–Crippen MR) is 128 cm³/mol. The summed E-state index contributed by atoms with van der Waals surface area (Å²) in [6.07, 6.45) is 0. The Kier molecular flexibility index (Phi) is 5.24. The van der Waals surface area contributed by atoms with Gasteiger partial charge in [0.15, 0.2) is 16.9 Å². The molecule has 2 heterocycles. The third-order valence-corrected chi connectivity index (χ3v) is 6.06. The van der Waals surface area contributed by atoms with E-state index in [1.54, 1.807) is 41.3 Å². The average Bonchev–Trinajstić information content (AvgIpc) is 3.15. The molecule has 1 unspecified atom stereocenters. The number of hydrogen-bond acceptors (Lipinski definition) is 6. The van der Waals surface area contributed by atoms with Crippen LogP contribution in [0.25, 0.3) is 11.0 Å². The van der Waals surface area contributed by atoms with Gasteiger partial charge in [-0.15, -0.1) is 0 Å². The van der Waals surface area contributed by atoms with Crippen molar-refractivity contribution in [1.82, 2.24) is 0 Å². The first-order valence-corrected chi connectivity index (χ1v) is 10.7. The largest absolute Gasteiger partial charge is 0.493 e. The van der Waals surface area contributed by atoms with Crippen molar-refractivity contribution in [3.05, 3.63) is 93.3 Å². The average molecular weight is 457 g/mol. The lowest BCUT2D eigenvalue weighted by Crippen LogP contribution is -2.29. The Morgan fingerprint density at radius 3 is 2.21 bits per heavy atom. The van der Waals surface area contributed by atoms with Gasteiger partial charge in [0.2, 0.25) is 11.5 Å². The maximum absolute atomic E-state index is 13.7. The number of carbonyl (C=O) groups excluding carboxylic acids is 1. The lowest BCUT2D eigenvalue weighted by Gasteiger charge is -2.26. The zero-order valence-corrected chi connectivity index (χ0v) is 19.2. The molecule has 7 heteroatoms. The van der Waals surface area contributed by atoms with Gasteiger partial charge in [0.05, 0.1) is 38.3 Å². The Morgan fingerprint density at radius 1 is 0.853 bits per heavy atom. The van der Waals surface area contributed by atoms with Crippen LogP contribution in [0, 0.1) is 6.92 Å². The molecule has 3 aromatic carbocycles. The van der Waals surface area contributed by atoms with Gasteiger partial charge in [-0.2, -0.15) is 0 Å². The second-order valence-corrected chi connectivity index (χ2v) is 8.05. The van der Waals surface area contributed by atoms with Crippen molar-refractivity contribution in [3.63, 3.8) is 0 Å². The monoisotopic (exact) mass is 457 g/mol. The number of nitrogens with zero attached hydrogens (tertiary/aromatic N) is 1. The molecule has 1 amide bonds. The summed E-state index contributed by atoms with van der Waals surface area (Å²) in [4.78, 5) is 29.0. The zero-order chi connectivity index (χ0) is 24.0. The van der Waals surface area contributed by atoms with Gasteiger partial charge in [0.25, 0.3) is 5.91 Å². The summed E-state index contributed by atoms with van der Waals surface area (Å²) in [6.45, 7) is 1.95. The molecule has 0 aliphatic carbocycles. The molecular weight excluding hydrogens is 434 g/mol. The molecule has 0 bridgehead atoms. The van der Waals surface area contributed by atoms with Crippen LogP contribution in [0.1, 0.15) is 33.3 Å². The number of rotatable bonds is 5. The molecule has 1 aliphatic heterocycles. The highest BCUT2D eigenvalue weighted by Gasteiger charge is 2.44. The number of aryl methyl sites for hydroxylation is 1. The molecule has 34 heavy (non-hydrogen) atoms. The van der Waals surface area contributed by atoms with E-state index in [9.17, 15) is 9.59 Å². The fourth-order valence-electron chi connectivity index (χ4n) is 4.54. The van der Waals surface area contributed by atoms with E-state index in [0.717, 1.165) is 5.56 Å². The van der Waals surface area contributed by atoms with E-state index in [1.807, 2.05) is 31.2 Å². The van der Waals surface area contributed by atoms with Crippen molar-refractivity contribution in [1.29, 1.82) is 0 Å². The van der Waals surface area contributed by atoms with Crippen molar-refractivity contribution in [2.24, 2.45) is 0 Å². The molecule has 0 fully saturated rings. The topological polar surface area (TPSA) is 78.2 Å². The Bertz CT molecular complexity index is 1460. The number of para-hydroxylation sites is 1. The van der Waals surface area contributed by atoms with Crippen molar-refractivity contribution >= 4 is 22.6 Å². The van der Waals surface area contributed by atoms with Crippen LogP contribution >= 0.6 is 0 Å². The highest BCUT2D eigenvalue weighted by atomic mass is 16.5. The fourth-order valence-corrected chi connectivity index (χ4v) is 4.54. The van der Waals surface area contributed by atoms with Gasteiger partial charge >= 0.3 is 0 Å². The normalized spacial score (nSPS) is 14.9. The molecule has 5 rings (SSSR count). The zero-order valence-electron chi connectivity index (χ0n) is 19.2. The molecule has 172 valence electrons. The maximum atomic E-state index is 13.7. The van der Waals surface area contributed by atoms with Crippen LogP contribution in [-0.4, -0.2) is 27.2 Å². The van der Waals surface area contributed by atoms with Gasteiger partial charge in [0.1, 0.15) is 5.58 Å². The standard InChI is InChI=1S/C27H23NO6/c1-15-8-7-9-17(12-15)28-23(16-13-20(31-2)25(33-4)21(14-16)32-3)22-24(29)18-10-5-6-11-19(18)34-26(22)27(28)30/h5-14,23H,1-4H3. The molecule has 0 radical (unpaired) electrons. The molecule has 4 aromatic rings. The Balaban J connectivity index is 1.84. The summed E-state index contributed by atoms with van der Waals surface area (Å²) in [5, 5.41) is 0.414. The number of benzene rings is 3. The minimum atomic E-state index is -0.751. The molecular formula is C27H23NO6. The van der Waals surface area contributed by atoms with Gasteiger partial charge in [-0.05, 0) is 54.4 Å². The minimum Gasteiger partial charge on any atom is -0.493 e. The molecule has 7 nitrogen and oxygen atoms in total. The van der Waals surface area contributed by atoms with Crippen molar-refractivity contribution in [3.8, 4) is 17.2 Å². The van der Waals surface area contributed by atoms with E-state index in [1.165, 1.54) is 21.3 Å². The minimum absolute atomic E-state index is 0.0314. The van der Waals surface area contributed by atoms with Gasteiger partial charge < -0.3 is 18.6 Å². The Labute approximate surface area is 196 Å². The lowest BCUT2D eigenvalue weighted by atomic mass is 9.97. The van der Waals surface area contributed by atoms with Crippen LogP contribution in [0.5, 0.6) is 17.2 Å². The summed E-state index contributed by atoms with van der Waals surface area (Å²) in [7, 11) is 4.57. The second kappa shape index (κ2) is 8.26. The van der Waals surface area contributed by atoms with Gasteiger partial charge in [-0.25, -0.2) is 0 Å². The smallest absolute Gasteiger partial charge is 0.295 e. The maximum Gasteiger partial charge on any atom is 0.295 e. The van der Waals surface area contributed by atoms with E-state index in [0.29, 0.717) is 39.5 Å². The number of methoxy groups -OCH3 is 3. The van der Waals surface area contributed by atoms with E-state index in [4.69, 9.17) is 18.6 Å². The van der Waals surface area contributed by atoms with E-state index >= 15 is 0 Å². The highest BCUT2D eigenvalue weighted by Crippen LogP contribution is 2.46. The Hall–Kier alpha value is -4.26. The molecule has 0 saturated heterocycles. The highest BCUT2D eigenvalue weighted by molar-refractivity contribution is 6.10. The van der Waals surface area contributed by atoms with Gasteiger partial charge in [-0.3, -0.25) is 14.5 Å². The molecule has 1 aromatic heterocycles. The Morgan fingerprint density at radius 2 is 1.56 bits per heavy atom. The molecule has 0 saturated carbocycles. The van der Waals surface area contributed by atoms with Gasteiger partial charge in [0, 0.05) is 5.69 Å². The van der Waals surface area contributed by atoms with Crippen LogP contribution in [0.2, 0.25) is 0 Å². The van der Waals surface area contributed by atoms with Gasteiger partial charge in [-0.1, -0.05) is 24.3 Å². The third kappa shape index (κ3) is 3.20. The van der Waals surface area contributed by atoms with E-state index in [-0.39, 0.29) is 22.7 Å². The first kappa shape index (κ1) is 21.6. The van der Waals surface area contributed by atoms with Crippen LogP contribution in [-0.2, 0) is 0 Å².